The van der Waals surface area contributed by atoms with Gasteiger partial charge < -0.3 is 40.8 Å². The van der Waals surface area contributed by atoms with Crippen LogP contribution in [0.5, 0.6) is 17.2 Å². The number of rotatable bonds is 15. The number of carbonyl (C=O) groups is 5. The SMILES string of the molecule is COC(=O)c1ccc(O)c(C(Oc2ccc(CC(NC(C)=O)C(=O)NC(C)c3ccc(OCC4CCCCC4)c(C(N)=O)c3)cc2)C(=O)O)c1. The third-order valence-electron chi connectivity index (χ3n) is 8.59. The third kappa shape index (κ3) is 9.97. The van der Waals surface area contributed by atoms with Crippen LogP contribution in [0.15, 0.2) is 60.7 Å². The minimum Gasteiger partial charge on any atom is -0.508 e. The average molecular weight is 690 g/mol. The van der Waals surface area contributed by atoms with E-state index in [4.69, 9.17) is 15.2 Å². The first kappa shape index (κ1) is 37.2. The lowest BCUT2D eigenvalue weighted by Crippen LogP contribution is -2.48. The van der Waals surface area contributed by atoms with E-state index in [0.29, 0.717) is 29.4 Å². The van der Waals surface area contributed by atoms with Crippen LogP contribution in [0.25, 0.3) is 0 Å². The number of carboxylic acids is 1. The van der Waals surface area contributed by atoms with Crippen LogP contribution in [0.4, 0.5) is 0 Å². The molecule has 0 aromatic heterocycles. The van der Waals surface area contributed by atoms with Crippen LogP contribution < -0.4 is 25.8 Å². The minimum atomic E-state index is -1.66. The summed E-state index contributed by atoms with van der Waals surface area (Å²) in [6.45, 7) is 3.55. The number of phenolic OH excluding ortho intramolecular Hbond substituents is 1. The van der Waals surface area contributed by atoms with Crippen LogP contribution in [-0.2, 0) is 25.5 Å². The second kappa shape index (κ2) is 17.2. The number of ether oxygens (including phenoxy) is 3. The second-order valence-electron chi connectivity index (χ2n) is 12.4. The molecule has 0 heterocycles. The Morgan fingerprint density at radius 1 is 0.940 bits per heavy atom. The number of esters is 1. The summed E-state index contributed by atoms with van der Waals surface area (Å²) in [4.78, 5) is 61.8. The highest BCUT2D eigenvalue weighted by atomic mass is 16.5. The minimum absolute atomic E-state index is 0.0336. The molecule has 266 valence electrons. The van der Waals surface area contributed by atoms with Crippen molar-refractivity contribution in [1.82, 2.24) is 10.6 Å². The van der Waals surface area contributed by atoms with E-state index in [1.807, 2.05) is 0 Å². The molecule has 3 aromatic carbocycles. The van der Waals surface area contributed by atoms with Crippen LogP contribution in [0, 0.1) is 5.92 Å². The third-order valence-corrected chi connectivity index (χ3v) is 8.59. The molecule has 0 radical (unpaired) electrons. The highest BCUT2D eigenvalue weighted by Gasteiger charge is 2.27. The van der Waals surface area contributed by atoms with Crippen molar-refractivity contribution in [3.63, 3.8) is 0 Å². The van der Waals surface area contributed by atoms with Crippen LogP contribution in [0.3, 0.4) is 0 Å². The van der Waals surface area contributed by atoms with E-state index in [1.54, 1.807) is 37.3 Å². The molecule has 1 aliphatic rings. The lowest BCUT2D eigenvalue weighted by atomic mass is 9.90. The monoisotopic (exact) mass is 689 g/mol. The summed E-state index contributed by atoms with van der Waals surface area (Å²) < 4.78 is 16.3. The number of nitrogens with one attached hydrogen (secondary N) is 2. The summed E-state index contributed by atoms with van der Waals surface area (Å²) in [5, 5.41) is 25.7. The van der Waals surface area contributed by atoms with Crippen LogP contribution in [0.1, 0.15) is 95.5 Å². The molecule has 13 heteroatoms. The number of carbonyl (C=O) groups excluding carboxylic acids is 4. The first-order valence-corrected chi connectivity index (χ1v) is 16.4. The van der Waals surface area contributed by atoms with Gasteiger partial charge in [0.05, 0.1) is 30.9 Å². The van der Waals surface area contributed by atoms with Gasteiger partial charge in [0.15, 0.2) is 0 Å². The molecule has 1 fully saturated rings. The van der Waals surface area contributed by atoms with E-state index in [2.05, 4.69) is 15.4 Å². The van der Waals surface area contributed by atoms with E-state index in [0.717, 1.165) is 12.8 Å². The fraction of sp³-hybridized carbons (Fsp3) is 0.378. The number of hydrogen-bond donors (Lipinski definition) is 5. The normalized spacial score (nSPS) is 14.8. The first-order valence-electron chi connectivity index (χ1n) is 16.4. The summed E-state index contributed by atoms with van der Waals surface area (Å²) >= 11 is 0. The Kier molecular flexibility index (Phi) is 12.8. The zero-order chi connectivity index (χ0) is 36.4. The van der Waals surface area contributed by atoms with Crippen molar-refractivity contribution in [2.45, 2.75) is 70.6 Å². The number of benzene rings is 3. The van der Waals surface area contributed by atoms with Crippen LogP contribution in [0.2, 0.25) is 0 Å². The van der Waals surface area contributed by atoms with Crippen LogP contribution >= 0.6 is 0 Å². The number of hydrogen-bond acceptors (Lipinski definition) is 9. The lowest BCUT2D eigenvalue weighted by molar-refractivity contribution is -0.145. The number of carboxylic acid groups (broad SMARTS) is 1. The molecule has 3 atom stereocenters. The molecule has 0 saturated heterocycles. The van der Waals surface area contributed by atoms with Gasteiger partial charge in [-0.3, -0.25) is 14.4 Å². The Labute approximate surface area is 290 Å². The number of amides is 3. The highest BCUT2D eigenvalue weighted by molar-refractivity contribution is 5.96. The number of methoxy groups -OCH3 is 1. The first-order chi connectivity index (χ1) is 23.9. The molecular weight excluding hydrogens is 646 g/mol. The molecule has 0 bridgehead atoms. The smallest absolute Gasteiger partial charge is 0.349 e. The van der Waals surface area contributed by atoms with Gasteiger partial charge in [-0.15, -0.1) is 0 Å². The Balaban J connectivity index is 1.43. The fourth-order valence-electron chi connectivity index (χ4n) is 5.88. The maximum absolute atomic E-state index is 13.4. The van der Waals surface area contributed by atoms with Gasteiger partial charge in [0.1, 0.15) is 23.3 Å². The predicted molar refractivity (Wildman–Crippen MR) is 182 cm³/mol. The van der Waals surface area contributed by atoms with Gasteiger partial charge in [-0.1, -0.05) is 37.5 Å². The zero-order valence-electron chi connectivity index (χ0n) is 28.3. The van der Waals surface area contributed by atoms with Crippen molar-refractivity contribution in [1.29, 1.82) is 0 Å². The molecule has 6 N–H and O–H groups in total. The number of primary amides is 1. The Morgan fingerprint density at radius 3 is 2.26 bits per heavy atom. The predicted octanol–water partition coefficient (Wildman–Crippen LogP) is 4.37. The maximum atomic E-state index is 13.4. The largest absolute Gasteiger partial charge is 0.508 e. The number of aliphatic carboxylic acids is 1. The second-order valence-corrected chi connectivity index (χ2v) is 12.4. The van der Waals surface area contributed by atoms with E-state index < -0.39 is 47.8 Å². The number of phenols is 1. The molecule has 4 rings (SSSR count). The van der Waals surface area contributed by atoms with E-state index in [1.165, 1.54) is 63.6 Å². The molecule has 50 heavy (non-hydrogen) atoms. The van der Waals surface area contributed by atoms with Crippen molar-refractivity contribution in [2.24, 2.45) is 11.7 Å². The van der Waals surface area contributed by atoms with Gasteiger partial charge in [-0.25, -0.2) is 9.59 Å². The standard InChI is InChI=1S/C37H43N3O10/c1-21(25-12-16-32(29(18-25)34(38)43)49-20-24-7-5-4-6-8-24)39-35(44)30(40-22(2)41)17-23-9-13-27(14-10-23)50-33(36(45)46)28-19-26(37(47)48-3)11-15-31(28)42/h9-16,18-19,21,24,30,33,42H,4-8,17,20H2,1-3H3,(H2,38,43)(H,39,44)(H,40,41)(H,45,46). The quantitative estimate of drug-likeness (QED) is 0.143. The van der Waals surface area contributed by atoms with Gasteiger partial charge >= 0.3 is 11.9 Å². The molecule has 3 unspecified atom stereocenters. The molecule has 1 saturated carbocycles. The van der Waals surface area contributed by atoms with Crippen LogP contribution in [-0.4, -0.2) is 59.6 Å². The molecule has 0 spiro atoms. The summed E-state index contributed by atoms with van der Waals surface area (Å²) in [6, 6.07) is 13.4. The van der Waals surface area contributed by atoms with Crippen molar-refractivity contribution >= 4 is 29.7 Å². The van der Waals surface area contributed by atoms with Crippen molar-refractivity contribution in [2.75, 3.05) is 13.7 Å². The van der Waals surface area contributed by atoms with E-state index in [9.17, 15) is 34.2 Å². The topological polar surface area (TPSA) is 204 Å². The molecule has 13 nitrogen and oxygen atoms in total. The molecular formula is C37H43N3O10. The lowest BCUT2D eigenvalue weighted by Gasteiger charge is -2.23. The Morgan fingerprint density at radius 2 is 1.64 bits per heavy atom. The number of aromatic hydroxyl groups is 1. The molecule has 0 aliphatic heterocycles. The Hall–Kier alpha value is -5.59. The average Bonchev–Trinajstić information content (AvgIpc) is 3.10. The van der Waals surface area contributed by atoms with Gasteiger partial charge in [-0.2, -0.15) is 0 Å². The fourth-order valence-corrected chi connectivity index (χ4v) is 5.88. The van der Waals surface area contributed by atoms with Gasteiger partial charge in [0.2, 0.25) is 17.9 Å². The molecule has 1 aliphatic carbocycles. The van der Waals surface area contributed by atoms with Gasteiger partial charge in [0, 0.05) is 18.9 Å². The van der Waals surface area contributed by atoms with E-state index >= 15 is 0 Å². The molecule has 3 aromatic rings. The highest BCUT2D eigenvalue weighted by Crippen LogP contribution is 2.31. The maximum Gasteiger partial charge on any atom is 0.349 e. The summed E-state index contributed by atoms with van der Waals surface area (Å²) in [5.41, 5.74) is 7.02. The van der Waals surface area contributed by atoms with Gasteiger partial charge in [0.25, 0.3) is 5.91 Å². The zero-order valence-corrected chi connectivity index (χ0v) is 28.3. The molecule has 3 amide bonds. The van der Waals surface area contributed by atoms with E-state index in [-0.39, 0.29) is 34.6 Å². The van der Waals surface area contributed by atoms with Crippen molar-refractivity contribution < 1.29 is 48.4 Å². The van der Waals surface area contributed by atoms with Crippen molar-refractivity contribution in [3.8, 4) is 17.2 Å². The van der Waals surface area contributed by atoms with Crippen molar-refractivity contribution in [3.05, 3.63) is 88.5 Å². The summed E-state index contributed by atoms with van der Waals surface area (Å²) in [5.74, 6) is -3.08. The summed E-state index contributed by atoms with van der Waals surface area (Å²) in [7, 11) is 1.18. The summed E-state index contributed by atoms with van der Waals surface area (Å²) in [6.07, 6.45) is 4.17. The number of nitrogens with two attached hydrogens (primary N) is 1. The Bertz CT molecular complexity index is 1700. The van der Waals surface area contributed by atoms with Gasteiger partial charge in [-0.05, 0) is 79.3 Å².